The summed E-state index contributed by atoms with van der Waals surface area (Å²) in [5.74, 6) is -2.66. The molecule has 1 nitrogen and oxygen atoms in total. The van der Waals surface area contributed by atoms with Crippen molar-refractivity contribution < 1.29 is 17.9 Å². The highest BCUT2D eigenvalue weighted by Crippen LogP contribution is 2.36. The summed E-state index contributed by atoms with van der Waals surface area (Å²) in [5.41, 5.74) is -0.154. The molecule has 5 heteroatoms. The van der Waals surface area contributed by atoms with Gasteiger partial charge in [0.1, 0.15) is 17.5 Å². The summed E-state index contributed by atoms with van der Waals surface area (Å²) in [6, 6.07) is 1.38. The molecule has 94 valence electrons. The topological polar surface area (TPSA) is 9.23 Å². The van der Waals surface area contributed by atoms with E-state index in [-0.39, 0.29) is 11.7 Å². The van der Waals surface area contributed by atoms with Crippen molar-refractivity contribution in [3.8, 4) is 0 Å². The van der Waals surface area contributed by atoms with E-state index >= 15 is 0 Å². The molecule has 1 aliphatic rings. The smallest absolute Gasteiger partial charge is 0.133 e. The third-order valence-electron chi connectivity index (χ3n) is 2.86. The summed E-state index contributed by atoms with van der Waals surface area (Å²) >= 11 is 3.25. The highest BCUT2D eigenvalue weighted by molar-refractivity contribution is 9.09. The summed E-state index contributed by atoms with van der Waals surface area (Å²) in [4.78, 5) is -0.580. The largest absolute Gasteiger partial charge is 0.377 e. The molecule has 0 amide bonds. The van der Waals surface area contributed by atoms with E-state index in [1.54, 1.807) is 0 Å². The summed E-state index contributed by atoms with van der Waals surface area (Å²) in [5, 5.41) is 0. The minimum absolute atomic E-state index is 0.154. The first-order chi connectivity index (χ1) is 8.09. The van der Waals surface area contributed by atoms with Crippen LogP contribution in [-0.2, 0) is 4.74 Å². The Labute approximate surface area is 106 Å². The Hall–Kier alpha value is -0.550. The molecule has 17 heavy (non-hydrogen) atoms. The second-order valence-corrected chi connectivity index (χ2v) is 5.08. The van der Waals surface area contributed by atoms with Crippen LogP contribution < -0.4 is 0 Å². The van der Waals surface area contributed by atoms with E-state index < -0.39 is 22.3 Å². The van der Waals surface area contributed by atoms with E-state index in [4.69, 9.17) is 4.74 Å². The molecule has 1 aromatic rings. The van der Waals surface area contributed by atoms with Gasteiger partial charge in [0.25, 0.3) is 0 Å². The summed E-state index contributed by atoms with van der Waals surface area (Å²) < 4.78 is 45.4. The predicted molar refractivity (Wildman–Crippen MR) is 61.6 cm³/mol. The third-order valence-corrected chi connectivity index (χ3v) is 3.91. The Morgan fingerprint density at radius 1 is 1.18 bits per heavy atom. The molecule has 2 rings (SSSR count). The van der Waals surface area contributed by atoms with Crippen LogP contribution in [0.2, 0.25) is 0 Å². The van der Waals surface area contributed by atoms with Gasteiger partial charge in [-0.05, 0) is 19.3 Å². The second kappa shape index (κ2) is 5.40. The maximum absolute atomic E-state index is 13.6. The van der Waals surface area contributed by atoms with Gasteiger partial charge in [0.15, 0.2) is 0 Å². The maximum atomic E-state index is 13.6. The van der Waals surface area contributed by atoms with Crippen LogP contribution in [0, 0.1) is 17.5 Å². The maximum Gasteiger partial charge on any atom is 0.133 e. The molecule has 0 aliphatic carbocycles. The molecule has 1 heterocycles. The van der Waals surface area contributed by atoms with Crippen LogP contribution in [0.3, 0.4) is 0 Å². The lowest BCUT2D eigenvalue weighted by molar-refractivity contribution is 0.0150. The van der Waals surface area contributed by atoms with Crippen molar-refractivity contribution in [3.63, 3.8) is 0 Å². The quantitative estimate of drug-likeness (QED) is 0.747. The van der Waals surface area contributed by atoms with Gasteiger partial charge in [-0.25, -0.2) is 13.2 Å². The van der Waals surface area contributed by atoms with Crippen LogP contribution in [0.15, 0.2) is 12.1 Å². The van der Waals surface area contributed by atoms with Crippen molar-refractivity contribution in [2.45, 2.75) is 30.2 Å². The molecule has 0 spiro atoms. The van der Waals surface area contributed by atoms with Crippen LogP contribution in [0.4, 0.5) is 13.2 Å². The molecule has 0 radical (unpaired) electrons. The van der Waals surface area contributed by atoms with Crippen LogP contribution >= 0.6 is 15.9 Å². The second-order valence-electron chi connectivity index (χ2n) is 4.09. The molecule has 0 bridgehead atoms. The van der Waals surface area contributed by atoms with Gasteiger partial charge in [-0.15, -0.1) is 0 Å². The molecule has 2 atom stereocenters. The van der Waals surface area contributed by atoms with Gasteiger partial charge in [-0.2, -0.15) is 0 Å². The van der Waals surface area contributed by atoms with E-state index in [1.165, 1.54) is 0 Å². The van der Waals surface area contributed by atoms with Gasteiger partial charge >= 0.3 is 0 Å². The van der Waals surface area contributed by atoms with Gasteiger partial charge in [0.05, 0.1) is 10.9 Å². The van der Waals surface area contributed by atoms with E-state index in [2.05, 4.69) is 15.9 Å². The van der Waals surface area contributed by atoms with E-state index in [0.717, 1.165) is 19.3 Å². The fourth-order valence-electron chi connectivity index (χ4n) is 2.00. The van der Waals surface area contributed by atoms with Gasteiger partial charge < -0.3 is 4.74 Å². The first-order valence-corrected chi connectivity index (χ1v) is 6.41. The van der Waals surface area contributed by atoms with Crippen molar-refractivity contribution in [1.82, 2.24) is 0 Å². The van der Waals surface area contributed by atoms with Crippen molar-refractivity contribution in [2.75, 3.05) is 6.61 Å². The number of hydrogen-bond donors (Lipinski definition) is 0. The summed E-state index contributed by atoms with van der Waals surface area (Å²) in [6.07, 6.45) is 2.41. The Balaban J connectivity index is 2.26. The normalized spacial score (nSPS) is 22.5. The molecule has 1 fully saturated rings. The predicted octanol–water partition coefficient (Wildman–Crippen LogP) is 4.11. The standard InChI is InChI=1S/C12H12BrF3O/c13-12(10-3-1-2-4-17-10)11-8(15)5-7(14)6-9(11)16/h5-6,10,12H,1-4H2. The first kappa shape index (κ1) is 12.9. The van der Waals surface area contributed by atoms with Crippen molar-refractivity contribution >= 4 is 15.9 Å². The molecular formula is C12H12BrF3O. The summed E-state index contributed by atoms with van der Waals surface area (Å²) in [6.45, 7) is 0.594. The van der Waals surface area contributed by atoms with Gasteiger partial charge in [-0.3, -0.25) is 0 Å². The van der Waals surface area contributed by atoms with E-state index in [9.17, 15) is 13.2 Å². The van der Waals surface area contributed by atoms with Crippen LogP contribution in [-0.4, -0.2) is 12.7 Å². The molecule has 2 unspecified atom stereocenters. The Bertz CT molecular complexity index is 382. The molecule has 0 aromatic heterocycles. The van der Waals surface area contributed by atoms with E-state index in [0.29, 0.717) is 18.7 Å². The van der Waals surface area contributed by atoms with Crippen molar-refractivity contribution in [1.29, 1.82) is 0 Å². The zero-order valence-electron chi connectivity index (χ0n) is 9.06. The number of alkyl halides is 1. The van der Waals surface area contributed by atoms with Gasteiger partial charge in [0, 0.05) is 24.3 Å². The highest BCUT2D eigenvalue weighted by Gasteiger charge is 2.28. The zero-order valence-corrected chi connectivity index (χ0v) is 10.6. The monoisotopic (exact) mass is 308 g/mol. The molecule has 1 aromatic carbocycles. The minimum atomic E-state index is -0.909. The average molecular weight is 309 g/mol. The van der Waals surface area contributed by atoms with Crippen LogP contribution in [0.1, 0.15) is 29.7 Å². The zero-order chi connectivity index (χ0) is 12.4. The van der Waals surface area contributed by atoms with Crippen molar-refractivity contribution in [2.24, 2.45) is 0 Å². The summed E-state index contributed by atoms with van der Waals surface area (Å²) in [7, 11) is 0. The molecule has 1 aliphatic heterocycles. The van der Waals surface area contributed by atoms with Crippen LogP contribution in [0.25, 0.3) is 0 Å². The van der Waals surface area contributed by atoms with Crippen LogP contribution in [0.5, 0.6) is 0 Å². The number of ether oxygens (including phenoxy) is 1. The Morgan fingerprint density at radius 3 is 2.35 bits per heavy atom. The lowest BCUT2D eigenvalue weighted by Crippen LogP contribution is -2.24. The van der Waals surface area contributed by atoms with Gasteiger partial charge in [-0.1, -0.05) is 15.9 Å². The Kier molecular flexibility index (Phi) is 4.09. The van der Waals surface area contributed by atoms with Crippen molar-refractivity contribution in [3.05, 3.63) is 35.1 Å². The fourth-order valence-corrected chi connectivity index (χ4v) is 2.85. The Morgan fingerprint density at radius 2 is 1.82 bits per heavy atom. The molecule has 0 N–H and O–H groups in total. The number of benzene rings is 1. The number of halogens is 4. The molecule has 1 saturated heterocycles. The highest BCUT2D eigenvalue weighted by atomic mass is 79.9. The average Bonchev–Trinajstić information content (AvgIpc) is 2.28. The SMILES string of the molecule is Fc1cc(F)c(C(Br)C2CCCCO2)c(F)c1. The molecular weight excluding hydrogens is 297 g/mol. The van der Waals surface area contributed by atoms with E-state index in [1.807, 2.05) is 0 Å². The lowest BCUT2D eigenvalue weighted by atomic mass is 10.0. The molecule has 0 saturated carbocycles. The van der Waals surface area contributed by atoms with Gasteiger partial charge in [0.2, 0.25) is 0 Å². The fraction of sp³-hybridized carbons (Fsp3) is 0.500. The number of hydrogen-bond acceptors (Lipinski definition) is 1. The third kappa shape index (κ3) is 2.83. The first-order valence-electron chi connectivity index (χ1n) is 5.49. The number of rotatable bonds is 2. The minimum Gasteiger partial charge on any atom is -0.377 e. The lowest BCUT2D eigenvalue weighted by Gasteiger charge is -2.27.